The molecule has 0 unspecified atom stereocenters. The van der Waals surface area contributed by atoms with Crippen LogP contribution in [0.1, 0.15) is 20.8 Å². The molecule has 4 nitrogen and oxygen atoms in total. The lowest BCUT2D eigenvalue weighted by Crippen LogP contribution is -2.28. The highest BCUT2D eigenvalue weighted by atomic mass is 19.4. The van der Waals surface area contributed by atoms with E-state index in [-0.39, 0.29) is 17.4 Å². The van der Waals surface area contributed by atoms with Gasteiger partial charge >= 0.3 is 6.36 Å². The molecule has 0 fully saturated rings. The number of aliphatic imine (C=N–C) groups is 1. The number of halogens is 3. The second-order valence-corrected chi connectivity index (χ2v) is 4.84. The molecule has 7 heteroatoms. The number of guanidine groups is 1. The zero-order valence-electron chi connectivity index (χ0n) is 10.9. The molecule has 0 aromatic heterocycles. The van der Waals surface area contributed by atoms with Crippen LogP contribution in [0.25, 0.3) is 0 Å². The molecule has 1 aromatic rings. The van der Waals surface area contributed by atoms with Crippen LogP contribution in [-0.4, -0.2) is 17.9 Å². The molecule has 1 aromatic carbocycles. The molecule has 0 atom stereocenters. The molecule has 0 saturated heterocycles. The van der Waals surface area contributed by atoms with Crippen molar-refractivity contribution in [3.05, 3.63) is 24.3 Å². The summed E-state index contributed by atoms with van der Waals surface area (Å²) >= 11 is 0. The first kappa shape index (κ1) is 15.1. The summed E-state index contributed by atoms with van der Waals surface area (Å²) in [5.41, 5.74) is 5.30. The number of nitrogens with zero attached hydrogens (tertiary/aromatic N) is 1. The van der Waals surface area contributed by atoms with Gasteiger partial charge in [0.25, 0.3) is 0 Å². The van der Waals surface area contributed by atoms with E-state index in [1.165, 1.54) is 18.2 Å². The smallest absolute Gasteiger partial charge is 0.404 e. The van der Waals surface area contributed by atoms with Crippen molar-refractivity contribution in [1.29, 1.82) is 0 Å². The number of nitrogens with one attached hydrogen (secondary N) is 1. The lowest BCUT2D eigenvalue weighted by Gasteiger charge is -2.17. The standard InChI is InChI=1S/C12H16F3N3O/c1-11(2,3)18-10(16)17-8-6-4-5-7-9(8)19-12(13,14)15/h4-7H,1-3H3,(H3,16,17,18). The van der Waals surface area contributed by atoms with Gasteiger partial charge in [0.05, 0.1) is 11.2 Å². The summed E-state index contributed by atoms with van der Waals surface area (Å²) in [4.78, 5) is 4.09. The van der Waals surface area contributed by atoms with Crippen LogP contribution in [0.2, 0.25) is 0 Å². The molecular weight excluding hydrogens is 259 g/mol. The highest BCUT2D eigenvalue weighted by Gasteiger charge is 2.32. The molecule has 0 aliphatic rings. The Morgan fingerprint density at radius 3 is 2.32 bits per heavy atom. The summed E-state index contributed by atoms with van der Waals surface area (Å²) < 4.78 is 40.5. The molecule has 0 bridgehead atoms. The second-order valence-electron chi connectivity index (χ2n) is 4.84. The van der Waals surface area contributed by atoms with Crippen LogP contribution in [0.3, 0.4) is 0 Å². The highest BCUT2D eigenvalue weighted by molar-refractivity contribution is 5.93. The predicted molar refractivity (Wildman–Crippen MR) is 68.1 cm³/mol. The van der Waals surface area contributed by atoms with E-state index in [1.807, 2.05) is 20.8 Å². The summed E-state index contributed by atoms with van der Waals surface area (Å²) in [6, 6.07) is 5.62. The van der Waals surface area contributed by atoms with E-state index in [4.69, 9.17) is 5.73 Å². The number of ether oxygens (including phenoxy) is 1. The van der Waals surface area contributed by atoms with Gasteiger partial charge in [-0.25, -0.2) is 4.99 Å². The number of alkyl halides is 3. The first-order valence-corrected chi connectivity index (χ1v) is 5.54. The van der Waals surface area contributed by atoms with E-state index < -0.39 is 11.9 Å². The molecule has 0 aliphatic heterocycles. The van der Waals surface area contributed by atoms with Gasteiger partial charge in [-0.05, 0) is 32.9 Å². The van der Waals surface area contributed by atoms with E-state index in [9.17, 15) is 13.2 Å². The van der Waals surface area contributed by atoms with E-state index in [0.29, 0.717) is 0 Å². The van der Waals surface area contributed by atoms with E-state index in [1.54, 1.807) is 6.07 Å². The number of anilines is 1. The van der Waals surface area contributed by atoms with Gasteiger partial charge in [0, 0.05) is 0 Å². The largest absolute Gasteiger partial charge is 0.573 e. The fourth-order valence-electron chi connectivity index (χ4n) is 1.31. The monoisotopic (exact) mass is 275 g/mol. The predicted octanol–water partition coefficient (Wildman–Crippen LogP) is 3.11. The van der Waals surface area contributed by atoms with E-state index in [2.05, 4.69) is 15.0 Å². The number of rotatable bonds is 2. The second kappa shape index (κ2) is 5.38. The van der Waals surface area contributed by atoms with Crippen LogP contribution >= 0.6 is 0 Å². The van der Waals surface area contributed by atoms with Gasteiger partial charge in [0.15, 0.2) is 11.7 Å². The number of hydrogen-bond donors (Lipinski definition) is 2. The van der Waals surface area contributed by atoms with E-state index >= 15 is 0 Å². The van der Waals surface area contributed by atoms with E-state index in [0.717, 1.165) is 0 Å². The summed E-state index contributed by atoms with van der Waals surface area (Å²) in [5.74, 6) is -0.340. The van der Waals surface area contributed by atoms with Gasteiger partial charge in [-0.2, -0.15) is 0 Å². The van der Waals surface area contributed by atoms with Gasteiger partial charge in [0.2, 0.25) is 0 Å². The molecule has 3 N–H and O–H groups in total. The third kappa shape index (κ3) is 5.98. The number of hydrogen-bond acceptors (Lipinski definition) is 2. The lowest BCUT2D eigenvalue weighted by atomic mass is 10.1. The molecule has 0 heterocycles. The van der Waals surface area contributed by atoms with Gasteiger partial charge in [0.1, 0.15) is 0 Å². The van der Waals surface area contributed by atoms with Crippen LogP contribution in [0.4, 0.5) is 18.9 Å². The Bertz CT molecular complexity index is 464. The molecule has 0 amide bonds. The maximum atomic E-state index is 12.2. The van der Waals surface area contributed by atoms with Crippen molar-refractivity contribution in [2.75, 3.05) is 5.32 Å². The Morgan fingerprint density at radius 1 is 1.21 bits per heavy atom. The Balaban J connectivity index is 2.93. The summed E-state index contributed by atoms with van der Waals surface area (Å²) in [6.45, 7) is 5.46. The van der Waals surface area contributed by atoms with Crippen LogP contribution in [0.15, 0.2) is 29.3 Å². The van der Waals surface area contributed by atoms with Crippen LogP contribution in [0.5, 0.6) is 5.75 Å². The van der Waals surface area contributed by atoms with Crippen molar-refractivity contribution >= 4 is 11.6 Å². The zero-order chi connectivity index (χ0) is 14.7. The van der Waals surface area contributed by atoms with Crippen molar-refractivity contribution in [2.45, 2.75) is 32.7 Å². The van der Waals surface area contributed by atoms with Crippen molar-refractivity contribution in [3.8, 4) is 5.75 Å². The summed E-state index contributed by atoms with van der Waals surface area (Å²) in [7, 11) is 0. The molecule has 0 radical (unpaired) electrons. The maximum Gasteiger partial charge on any atom is 0.573 e. The van der Waals surface area contributed by atoms with Crippen molar-refractivity contribution in [2.24, 2.45) is 10.7 Å². The average molecular weight is 275 g/mol. The zero-order valence-corrected chi connectivity index (χ0v) is 10.9. The fraction of sp³-hybridized carbons (Fsp3) is 0.417. The fourth-order valence-corrected chi connectivity index (χ4v) is 1.31. The molecule has 106 valence electrons. The Kier molecular flexibility index (Phi) is 4.28. The van der Waals surface area contributed by atoms with Crippen LogP contribution < -0.4 is 15.8 Å². The molecule has 0 saturated carbocycles. The molecule has 0 spiro atoms. The minimum atomic E-state index is -4.76. The third-order valence-electron chi connectivity index (χ3n) is 1.83. The molecule has 0 aliphatic carbocycles. The first-order chi connectivity index (χ1) is 8.57. The Hall–Kier alpha value is -1.92. The van der Waals surface area contributed by atoms with Crippen LogP contribution in [0, 0.1) is 0 Å². The van der Waals surface area contributed by atoms with Crippen molar-refractivity contribution in [1.82, 2.24) is 0 Å². The third-order valence-corrected chi connectivity index (χ3v) is 1.83. The molecule has 1 rings (SSSR count). The minimum absolute atomic E-state index is 0.0192. The van der Waals surface area contributed by atoms with Crippen LogP contribution in [-0.2, 0) is 0 Å². The average Bonchev–Trinajstić information content (AvgIpc) is 2.15. The lowest BCUT2D eigenvalue weighted by molar-refractivity contribution is -0.274. The van der Waals surface area contributed by atoms with Gasteiger partial charge in [-0.3, -0.25) is 0 Å². The normalized spacial score (nSPS) is 13.3. The summed E-state index contributed by atoms with van der Waals surface area (Å²) in [5, 5.41) is 2.59. The number of benzene rings is 1. The van der Waals surface area contributed by atoms with Gasteiger partial charge in [-0.1, -0.05) is 12.1 Å². The Morgan fingerprint density at radius 2 is 1.79 bits per heavy atom. The highest BCUT2D eigenvalue weighted by Crippen LogP contribution is 2.29. The van der Waals surface area contributed by atoms with Crippen molar-refractivity contribution in [3.63, 3.8) is 0 Å². The molecule has 19 heavy (non-hydrogen) atoms. The maximum absolute atomic E-state index is 12.2. The Labute approximate surface area is 109 Å². The number of nitrogens with two attached hydrogens (primary N) is 1. The topological polar surface area (TPSA) is 59.6 Å². The first-order valence-electron chi connectivity index (χ1n) is 5.54. The van der Waals surface area contributed by atoms with Gasteiger partial charge in [-0.15, -0.1) is 13.2 Å². The minimum Gasteiger partial charge on any atom is -0.404 e. The molecular formula is C12H16F3N3O. The quantitative estimate of drug-likeness (QED) is 0.644. The van der Waals surface area contributed by atoms with Crippen molar-refractivity contribution < 1.29 is 17.9 Å². The summed E-state index contributed by atoms with van der Waals surface area (Å²) in [6.07, 6.45) is -4.76. The SMILES string of the molecule is CC(C)(C)N=C(N)Nc1ccccc1OC(F)(F)F. The number of para-hydroxylation sites is 2. The van der Waals surface area contributed by atoms with Gasteiger partial charge < -0.3 is 15.8 Å².